The molecule has 6 atom stereocenters. The number of benzene rings is 1. The molecule has 1 aliphatic carbocycles. The highest BCUT2D eigenvalue weighted by Gasteiger charge is 2.79. The monoisotopic (exact) mass is 320 g/mol. The summed E-state index contributed by atoms with van der Waals surface area (Å²) in [4.78, 5) is 23.2. The molecule has 2 heterocycles. The van der Waals surface area contributed by atoms with Gasteiger partial charge in [0.1, 0.15) is 31.0 Å². The average molecular weight is 320 g/mol. The molecule has 0 unspecified atom stereocenters. The molecule has 1 aromatic carbocycles. The maximum absolute atomic E-state index is 12.0. The second-order valence-corrected chi connectivity index (χ2v) is 6.02. The van der Waals surface area contributed by atoms with E-state index in [2.05, 4.69) is 0 Å². The summed E-state index contributed by atoms with van der Waals surface area (Å²) in [5.41, 5.74) is -0.633. The molecular weight excluding hydrogens is 304 g/mol. The zero-order chi connectivity index (χ0) is 16.2. The van der Waals surface area contributed by atoms with Gasteiger partial charge in [-0.05, 0) is 12.1 Å². The molecular formula is C16H16O7. The Labute approximate surface area is 132 Å². The van der Waals surface area contributed by atoms with Crippen LogP contribution in [-0.2, 0) is 23.7 Å². The summed E-state index contributed by atoms with van der Waals surface area (Å²) < 4.78 is 21.4. The SMILES string of the molecule is CC(=O)O[C@H]1[C@@H]2O[C@H]2[C@@H]2O[C@@]2(COC(=O)c2ccccc2)[C@H]1O. The van der Waals surface area contributed by atoms with Crippen molar-refractivity contribution in [3.8, 4) is 0 Å². The molecule has 0 aromatic heterocycles. The number of carbonyl (C=O) groups is 2. The first-order chi connectivity index (χ1) is 11.0. The van der Waals surface area contributed by atoms with E-state index in [4.69, 9.17) is 18.9 Å². The maximum Gasteiger partial charge on any atom is 0.338 e. The second-order valence-electron chi connectivity index (χ2n) is 6.02. The minimum Gasteiger partial charge on any atom is -0.459 e. The van der Waals surface area contributed by atoms with Gasteiger partial charge in [0.05, 0.1) is 5.56 Å². The van der Waals surface area contributed by atoms with Crippen LogP contribution < -0.4 is 0 Å². The summed E-state index contributed by atoms with van der Waals surface area (Å²) in [6, 6.07) is 8.56. The predicted octanol–water partition coefficient (Wildman–Crippen LogP) is 0.0546. The van der Waals surface area contributed by atoms with Crippen molar-refractivity contribution in [3.05, 3.63) is 35.9 Å². The lowest BCUT2D eigenvalue weighted by Crippen LogP contribution is -2.53. The zero-order valence-corrected chi connectivity index (χ0v) is 12.4. The molecule has 0 spiro atoms. The Hall–Kier alpha value is -1.96. The van der Waals surface area contributed by atoms with E-state index in [9.17, 15) is 14.7 Å². The highest BCUT2D eigenvalue weighted by Crippen LogP contribution is 2.56. The topological polar surface area (TPSA) is 97.9 Å². The molecule has 2 aliphatic heterocycles. The summed E-state index contributed by atoms with van der Waals surface area (Å²) >= 11 is 0. The van der Waals surface area contributed by atoms with Crippen molar-refractivity contribution in [1.82, 2.24) is 0 Å². The van der Waals surface area contributed by atoms with Crippen LogP contribution in [0.3, 0.4) is 0 Å². The Morgan fingerprint density at radius 2 is 2.00 bits per heavy atom. The minimum atomic E-state index is -1.09. The summed E-state index contributed by atoms with van der Waals surface area (Å²) in [7, 11) is 0. The Morgan fingerprint density at radius 3 is 2.70 bits per heavy atom. The molecule has 0 bridgehead atoms. The molecule has 1 N–H and O–H groups in total. The van der Waals surface area contributed by atoms with E-state index in [0.717, 1.165) is 0 Å². The lowest BCUT2D eigenvalue weighted by molar-refractivity contribution is -0.158. The van der Waals surface area contributed by atoms with E-state index >= 15 is 0 Å². The van der Waals surface area contributed by atoms with Gasteiger partial charge in [0.25, 0.3) is 0 Å². The predicted molar refractivity (Wildman–Crippen MR) is 74.6 cm³/mol. The smallest absolute Gasteiger partial charge is 0.338 e. The highest BCUT2D eigenvalue weighted by atomic mass is 16.7. The number of epoxide rings is 2. The van der Waals surface area contributed by atoms with E-state index in [1.54, 1.807) is 30.3 Å². The highest BCUT2D eigenvalue weighted by molar-refractivity contribution is 5.89. The number of esters is 2. The van der Waals surface area contributed by atoms with E-state index < -0.39 is 29.7 Å². The molecule has 7 heteroatoms. The number of carbonyl (C=O) groups excluding carboxylic acids is 2. The van der Waals surface area contributed by atoms with Gasteiger partial charge in [-0.1, -0.05) is 18.2 Å². The molecule has 3 fully saturated rings. The lowest BCUT2D eigenvalue weighted by Gasteiger charge is -2.28. The lowest BCUT2D eigenvalue weighted by atomic mass is 9.84. The molecule has 23 heavy (non-hydrogen) atoms. The number of ether oxygens (including phenoxy) is 4. The molecule has 1 saturated carbocycles. The van der Waals surface area contributed by atoms with Gasteiger partial charge < -0.3 is 24.1 Å². The first-order valence-corrected chi connectivity index (χ1v) is 7.44. The number of hydrogen-bond acceptors (Lipinski definition) is 7. The van der Waals surface area contributed by atoms with Gasteiger partial charge in [-0.2, -0.15) is 0 Å². The van der Waals surface area contributed by atoms with Crippen molar-refractivity contribution in [1.29, 1.82) is 0 Å². The first-order valence-electron chi connectivity index (χ1n) is 7.44. The third kappa shape index (κ3) is 2.32. The van der Waals surface area contributed by atoms with E-state index in [-0.39, 0.29) is 24.9 Å². The molecule has 7 nitrogen and oxygen atoms in total. The van der Waals surface area contributed by atoms with Gasteiger partial charge in [0.15, 0.2) is 11.7 Å². The normalized spacial score (nSPS) is 39.7. The number of rotatable bonds is 4. The molecule has 3 aliphatic rings. The number of aliphatic hydroxyl groups is 1. The van der Waals surface area contributed by atoms with Gasteiger partial charge in [0, 0.05) is 6.92 Å². The number of fused-ring (bicyclic) bond motifs is 3. The van der Waals surface area contributed by atoms with Gasteiger partial charge in [-0.15, -0.1) is 0 Å². The van der Waals surface area contributed by atoms with Gasteiger partial charge in [-0.3, -0.25) is 4.79 Å². The fourth-order valence-corrected chi connectivity index (χ4v) is 3.25. The largest absolute Gasteiger partial charge is 0.459 e. The average Bonchev–Trinajstić information content (AvgIpc) is 3.42. The number of hydrogen-bond donors (Lipinski definition) is 1. The summed E-state index contributed by atoms with van der Waals surface area (Å²) in [6.07, 6.45) is -2.80. The van der Waals surface area contributed by atoms with Crippen LogP contribution in [0.5, 0.6) is 0 Å². The Morgan fingerprint density at radius 1 is 1.26 bits per heavy atom. The molecule has 2 saturated heterocycles. The van der Waals surface area contributed by atoms with Crippen molar-refractivity contribution >= 4 is 11.9 Å². The minimum absolute atomic E-state index is 0.114. The van der Waals surface area contributed by atoms with Crippen LogP contribution >= 0.6 is 0 Å². The van der Waals surface area contributed by atoms with E-state index in [0.29, 0.717) is 5.56 Å². The Kier molecular flexibility index (Phi) is 3.19. The van der Waals surface area contributed by atoms with Crippen LogP contribution in [-0.4, -0.2) is 59.8 Å². The van der Waals surface area contributed by atoms with Gasteiger partial charge in [0.2, 0.25) is 0 Å². The van der Waals surface area contributed by atoms with E-state index in [1.165, 1.54) is 6.92 Å². The van der Waals surface area contributed by atoms with Crippen molar-refractivity contribution in [2.24, 2.45) is 0 Å². The molecule has 0 radical (unpaired) electrons. The standard InChI is InChI=1S/C16H16O7/c1-8(17)21-11-10-12(22-10)14-16(23-14,13(11)18)7-20-15(19)9-5-3-2-4-6-9/h2-6,10-14,18H,7H2,1H3/t10-,11-,12+,13-,14-,16-/m0/s1. The van der Waals surface area contributed by atoms with Crippen LogP contribution in [0.1, 0.15) is 17.3 Å². The van der Waals surface area contributed by atoms with Crippen LogP contribution in [0.15, 0.2) is 30.3 Å². The van der Waals surface area contributed by atoms with E-state index in [1.807, 2.05) is 0 Å². The Bertz CT molecular complexity index is 645. The maximum atomic E-state index is 12.0. The van der Waals surface area contributed by atoms with Gasteiger partial charge >= 0.3 is 11.9 Å². The molecule has 4 rings (SSSR count). The van der Waals surface area contributed by atoms with Crippen LogP contribution in [0.4, 0.5) is 0 Å². The third-order valence-electron chi connectivity index (χ3n) is 4.51. The van der Waals surface area contributed by atoms with Crippen LogP contribution in [0.2, 0.25) is 0 Å². The third-order valence-corrected chi connectivity index (χ3v) is 4.51. The van der Waals surface area contributed by atoms with Crippen LogP contribution in [0.25, 0.3) is 0 Å². The van der Waals surface area contributed by atoms with Gasteiger partial charge in [-0.25, -0.2) is 4.79 Å². The van der Waals surface area contributed by atoms with Crippen LogP contribution in [0, 0.1) is 0 Å². The summed E-state index contributed by atoms with van der Waals surface area (Å²) in [5.74, 6) is -0.997. The van der Waals surface area contributed by atoms with Crippen molar-refractivity contribution in [2.75, 3.05) is 6.61 Å². The molecule has 122 valence electrons. The summed E-state index contributed by atoms with van der Waals surface area (Å²) in [6.45, 7) is 1.16. The van der Waals surface area contributed by atoms with Crippen molar-refractivity contribution in [3.63, 3.8) is 0 Å². The molecule has 0 amide bonds. The zero-order valence-electron chi connectivity index (χ0n) is 12.4. The quantitative estimate of drug-likeness (QED) is 0.618. The van der Waals surface area contributed by atoms with Crippen molar-refractivity contribution in [2.45, 2.75) is 43.0 Å². The fraction of sp³-hybridized carbons (Fsp3) is 0.500. The molecule has 1 aromatic rings. The fourth-order valence-electron chi connectivity index (χ4n) is 3.25. The van der Waals surface area contributed by atoms with Crippen molar-refractivity contribution < 1.29 is 33.6 Å². The second kappa shape index (κ2) is 5.02. The Balaban J connectivity index is 1.45. The first kappa shape index (κ1) is 14.6. The summed E-state index contributed by atoms with van der Waals surface area (Å²) in [5, 5.41) is 10.5. The number of aliphatic hydroxyl groups excluding tert-OH is 1.